The van der Waals surface area contributed by atoms with Gasteiger partial charge in [0.25, 0.3) is 0 Å². The van der Waals surface area contributed by atoms with Crippen molar-refractivity contribution in [2.24, 2.45) is 5.73 Å². The van der Waals surface area contributed by atoms with Crippen molar-refractivity contribution in [1.82, 2.24) is 0 Å². The Kier molecular flexibility index (Phi) is 2.44. The molecule has 2 unspecified atom stereocenters. The molecule has 82 valence electrons. The number of methoxy groups -OCH3 is 1. The summed E-state index contributed by atoms with van der Waals surface area (Å²) in [6.45, 7) is 1.84. The van der Waals surface area contributed by atoms with E-state index < -0.39 is 5.60 Å². The van der Waals surface area contributed by atoms with E-state index in [-0.39, 0.29) is 6.04 Å². The largest absolute Gasteiger partial charge is 0.497 e. The highest BCUT2D eigenvalue weighted by Gasteiger charge is 2.40. The van der Waals surface area contributed by atoms with Gasteiger partial charge in [-0.15, -0.1) is 0 Å². The van der Waals surface area contributed by atoms with E-state index in [9.17, 15) is 5.11 Å². The van der Waals surface area contributed by atoms with Crippen LogP contribution in [-0.4, -0.2) is 18.3 Å². The van der Waals surface area contributed by atoms with Crippen LogP contribution in [0.5, 0.6) is 5.75 Å². The third kappa shape index (κ3) is 1.52. The Labute approximate surface area is 89.9 Å². The Morgan fingerprint density at radius 2 is 2.27 bits per heavy atom. The zero-order chi connectivity index (χ0) is 11.1. The molecule has 3 N–H and O–H groups in total. The zero-order valence-corrected chi connectivity index (χ0v) is 9.16. The number of nitrogens with two attached hydrogens (primary N) is 1. The summed E-state index contributed by atoms with van der Waals surface area (Å²) in [6, 6.07) is 5.57. The van der Waals surface area contributed by atoms with E-state index in [0.29, 0.717) is 6.42 Å². The van der Waals surface area contributed by atoms with Crippen molar-refractivity contribution in [3.63, 3.8) is 0 Å². The van der Waals surface area contributed by atoms with Crippen molar-refractivity contribution >= 4 is 0 Å². The van der Waals surface area contributed by atoms with Crippen LogP contribution in [-0.2, 0) is 12.0 Å². The molecule has 1 aromatic carbocycles. The van der Waals surface area contributed by atoms with E-state index in [1.54, 1.807) is 7.11 Å². The topological polar surface area (TPSA) is 55.5 Å². The summed E-state index contributed by atoms with van der Waals surface area (Å²) in [5, 5.41) is 10.5. The molecule has 0 heterocycles. The molecule has 1 aliphatic carbocycles. The minimum Gasteiger partial charge on any atom is -0.497 e. The SMILES string of the molecule is COc1ccc2c(c1)C(O)(C(C)N)CC2. The van der Waals surface area contributed by atoms with Crippen LogP contribution >= 0.6 is 0 Å². The fourth-order valence-corrected chi connectivity index (χ4v) is 2.24. The summed E-state index contributed by atoms with van der Waals surface area (Å²) in [5.41, 5.74) is 7.07. The molecule has 3 nitrogen and oxygen atoms in total. The predicted molar refractivity (Wildman–Crippen MR) is 58.9 cm³/mol. The smallest absolute Gasteiger partial charge is 0.119 e. The maximum atomic E-state index is 10.5. The molecule has 0 spiro atoms. The van der Waals surface area contributed by atoms with Crippen LogP contribution in [0.25, 0.3) is 0 Å². The van der Waals surface area contributed by atoms with Gasteiger partial charge in [-0.1, -0.05) is 6.07 Å². The zero-order valence-electron chi connectivity index (χ0n) is 9.16. The van der Waals surface area contributed by atoms with Gasteiger partial charge in [-0.25, -0.2) is 0 Å². The molecule has 0 radical (unpaired) electrons. The van der Waals surface area contributed by atoms with E-state index in [1.165, 1.54) is 5.56 Å². The summed E-state index contributed by atoms with van der Waals surface area (Å²) in [6.07, 6.45) is 1.59. The molecular formula is C12H17NO2. The van der Waals surface area contributed by atoms with Crippen LogP contribution in [0.4, 0.5) is 0 Å². The maximum Gasteiger partial charge on any atom is 0.119 e. The number of hydrogen-bond donors (Lipinski definition) is 2. The van der Waals surface area contributed by atoms with E-state index in [2.05, 4.69) is 0 Å². The molecule has 0 fully saturated rings. The van der Waals surface area contributed by atoms with E-state index in [0.717, 1.165) is 17.7 Å². The molecule has 2 atom stereocenters. The molecule has 3 heteroatoms. The Balaban J connectivity index is 2.48. The molecular weight excluding hydrogens is 190 g/mol. The summed E-state index contributed by atoms with van der Waals surface area (Å²) in [7, 11) is 1.63. The average molecular weight is 207 g/mol. The lowest BCUT2D eigenvalue weighted by Crippen LogP contribution is -2.41. The second-order valence-electron chi connectivity index (χ2n) is 4.24. The molecule has 0 aromatic heterocycles. The lowest BCUT2D eigenvalue weighted by molar-refractivity contribution is 0.0169. The van der Waals surface area contributed by atoms with Crippen LogP contribution in [0, 0.1) is 0 Å². The second-order valence-corrected chi connectivity index (χ2v) is 4.24. The Morgan fingerprint density at radius 3 is 2.87 bits per heavy atom. The van der Waals surface area contributed by atoms with Crippen LogP contribution in [0.2, 0.25) is 0 Å². The van der Waals surface area contributed by atoms with Gasteiger partial charge in [-0.2, -0.15) is 0 Å². The van der Waals surface area contributed by atoms with E-state index in [1.807, 2.05) is 25.1 Å². The highest BCUT2D eigenvalue weighted by atomic mass is 16.5. The lowest BCUT2D eigenvalue weighted by atomic mass is 9.89. The van der Waals surface area contributed by atoms with Gasteiger partial charge in [0.1, 0.15) is 11.4 Å². The fraction of sp³-hybridized carbons (Fsp3) is 0.500. The Morgan fingerprint density at radius 1 is 1.53 bits per heavy atom. The highest BCUT2D eigenvalue weighted by molar-refractivity contribution is 5.43. The van der Waals surface area contributed by atoms with Crippen LogP contribution in [0.3, 0.4) is 0 Å². The van der Waals surface area contributed by atoms with Crippen LogP contribution in [0.15, 0.2) is 18.2 Å². The molecule has 15 heavy (non-hydrogen) atoms. The van der Waals surface area contributed by atoms with Crippen molar-refractivity contribution < 1.29 is 9.84 Å². The molecule has 0 aliphatic heterocycles. The number of aryl methyl sites for hydroxylation is 1. The van der Waals surface area contributed by atoms with Crippen molar-refractivity contribution in [3.8, 4) is 5.75 Å². The Hall–Kier alpha value is -1.06. The fourth-order valence-electron chi connectivity index (χ4n) is 2.24. The average Bonchev–Trinajstić information content (AvgIpc) is 2.57. The van der Waals surface area contributed by atoms with Crippen LogP contribution < -0.4 is 10.5 Å². The van der Waals surface area contributed by atoms with Gasteiger partial charge < -0.3 is 15.6 Å². The maximum absolute atomic E-state index is 10.5. The predicted octanol–water partition coefficient (Wildman–Crippen LogP) is 1.18. The molecule has 1 aliphatic rings. The van der Waals surface area contributed by atoms with Crippen molar-refractivity contribution in [2.45, 2.75) is 31.4 Å². The van der Waals surface area contributed by atoms with Crippen LogP contribution in [0.1, 0.15) is 24.5 Å². The molecule has 0 amide bonds. The van der Waals surface area contributed by atoms with Gasteiger partial charge in [0.05, 0.1) is 7.11 Å². The molecule has 1 aromatic rings. The van der Waals surface area contributed by atoms with E-state index in [4.69, 9.17) is 10.5 Å². The minimum absolute atomic E-state index is 0.258. The molecule has 2 rings (SSSR count). The number of ether oxygens (including phenoxy) is 1. The molecule has 0 saturated carbocycles. The highest BCUT2D eigenvalue weighted by Crippen LogP contribution is 2.40. The number of hydrogen-bond acceptors (Lipinski definition) is 3. The Bertz CT molecular complexity index is 376. The van der Waals surface area contributed by atoms with Gasteiger partial charge in [0.15, 0.2) is 0 Å². The third-order valence-corrected chi connectivity index (χ3v) is 3.31. The molecule has 0 bridgehead atoms. The third-order valence-electron chi connectivity index (χ3n) is 3.31. The van der Waals surface area contributed by atoms with Gasteiger partial charge in [-0.05, 0) is 43.0 Å². The van der Waals surface area contributed by atoms with Crippen molar-refractivity contribution in [1.29, 1.82) is 0 Å². The van der Waals surface area contributed by atoms with Gasteiger partial charge in [-0.3, -0.25) is 0 Å². The first-order valence-corrected chi connectivity index (χ1v) is 5.23. The number of rotatable bonds is 2. The summed E-state index contributed by atoms with van der Waals surface area (Å²) < 4.78 is 5.16. The quantitative estimate of drug-likeness (QED) is 0.765. The first-order valence-electron chi connectivity index (χ1n) is 5.23. The number of aliphatic hydroxyl groups is 1. The van der Waals surface area contributed by atoms with Crippen molar-refractivity contribution in [3.05, 3.63) is 29.3 Å². The lowest BCUT2D eigenvalue weighted by Gasteiger charge is -2.28. The van der Waals surface area contributed by atoms with Gasteiger partial charge in [0, 0.05) is 6.04 Å². The van der Waals surface area contributed by atoms with E-state index >= 15 is 0 Å². The van der Waals surface area contributed by atoms with Gasteiger partial charge in [0.2, 0.25) is 0 Å². The monoisotopic (exact) mass is 207 g/mol. The second kappa shape index (κ2) is 3.51. The molecule has 0 saturated heterocycles. The summed E-state index contributed by atoms with van der Waals surface area (Å²) in [5.74, 6) is 0.773. The number of benzene rings is 1. The standard InChI is InChI=1S/C12H17NO2/c1-8(13)12(14)6-5-9-3-4-10(15-2)7-11(9)12/h3-4,7-8,14H,5-6,13H2,1-2H3. The minimum atomic E-state index is -0.885. The summed E-state index contributed by atoms with van der Waals surface area (Å²) in [4.78, 5) is 0. The van der Waals surface area contributed by atoms with Crippen molar-refractivity contribution in [2.75, 3.05) is 7.11 Å². The number of fused-ring (bicyclic) bond motifs is 1. The summed E-state index contributed by atoms with van der Waals surface area (Å²) >= 11 is 0. The van der Waals surface area contributed by atoms with Gasteiger partial charge >= 0.3 is 0 Å². The normalized spacial score (nSPS) is 26.1. The first-order chi connectivity index (χ1) is 7.08. The first kappa shape index (κ1) is 10.5.